The number of nitrogens with two attached hydrogens (primary N) is 1. The molecule has 714 valence electrons. The zero-order valence-corrected chi connectivity index (χ0v) is 76.3. The molecule has 6 aromatic rings. The maximum absolute atomic E-state index is 15.6. The third-order valence-electron chi connectivity index (χ3n) is 21.4. The first-order chi connectivity index (χ1) is 63.2. The van der Waals surface area contributed by atoms with Crippen LogP contribution >= 0.6 is 23.4 Å². The van der Waals surface area contributed by atoms with Crippen LogP contribution in [0.2, 0.25) is 5.02 Å². The third kappa shape index (κ3) is 37.7. The highest BCUT2D eigenvalue weighted by Gasteiger charge is 2.39. The number of hydrogen-bond donors (Lipinski definition) is 14. The predicted molar refractivity (Wildman–Crippen MR) is 487 cm³/mol. The van der Waals surface area contributed by atoms with Gasteiger partial charge in [-0.3, -0.25) is 66.9 Å². The topological polar surface area (TPSA) is 524 Å². The molecule has 0 aliphatic heterocycles. The number of para-hydroxylation sites is 1. The number of amides is 13. The number of carboxylic acids is 1. The van der Waals surface area contributed by atoms with Crippen molar-refractivity contribution in [2.75, 3.05) is 37.9 Å². The van der Waals surface area contributed by atoms with Gasteiger partial charge in [0.25, 0.3) is 0 Å². The van der Waals surface area contributed by atoms with E-state index in [1.54, 1.807) is 160 Å². The normalized spacial score (nSPS) is 14.8. The van der Waals surface area contributed by atoms with E-state index in [4.69, 9.17) is 45.8 Å². The summed E-state index contributed by atoms with van der Waals surface area (Å²) in [4.78, 5) is 224. The molecular formula is C93H121ClN14O23S. The fraction of sp³-hybridized carbons (Fsp3) is 0.484. The van der Waals surface area contributed by atoms with Gasteiger partial charge in [-0.05, 0) is 146 Å². The molecule has 1 heterocycles. The molecule has 1 aromatic heterocycles. The van der Waals surface area contributed by atoms with Crippen molar-refractivity contribution in [2.45, 2.75) is 249 Å². The molecule has 0 bridgehead atoms. The van der Waals surface area contributed by atoms with E-state index in [0.717, 1.165) is 50.3 Å². The van der Waals surface area contributed by atoms with E-state index in [1.165, 1.54) is 24.6 Å². The van der Waals surface area contributed by atoms with Gasteiger partial charge < -0.3 is 103 Å². The van der Waals surface area contributed by atoms with E-state index >= 15 is 14.4 Å². The average Bonchev–Trinajstić information content (AvgIpc) is 1.63. The number of fused-ring (bicyclic) bond motifs is 1. The summed E-state index contributed by atoms with van der Waals surface area (Å²) in [6, 6.07) is 26.4. The number of nitrogens with zero attached hydrogens (tertiary/aromatic N) is 1. The van der Waals surface area contributed by atoms with Crippen LogP contribution in [0.15, 0.2) is 146 Å². The molecule has 0 radical (unpaired) electrons. The number of ether oxygens (including phenoxy) is 6. The van der Waals surface area contributed by atoms with Crippen molar-refractivity contribution in [2.24, 2.45) is 5.73 Å². The molecule has 0 spiro atoms. The Labute approximate surface area is 774 Å². The van der Waals surface area contributed by atoms with Gasteiger partial charge >= 0.3 is 30.2 Å². The Balaban J connectivity index is 1.05. The van der Waals surface area contributed by atoms with Crippen LogP contribution < -0.4 is 69.5 Å². The number of halogens is 1. The molecule has 2 saturated carbocycles. The van der Waals surface area contributed by atoms with Crippen LogP contribution in [0.5, 0.6) is 0 Å². The molecular weight excluding hydrogens is 1750 g/mol. The number of unbranched alkanes of at least 4 members (excludes halogenated alkanes) is 1. The van der Waals surface area contributed by atoms with Gasteiger partial charge in [-0.2, -0.15) is 0 Å². The maximum Gasteiger partial charge on any atom is 0.418 e. The number of carbonyl (C=O) groups is 16. The third-order valence-corrected chi connectivity index (χ3v) is 22.6. The largest absolute Gasteiger partial charge is 0.480 e. The van der Waals surface area contributed by atoms with Gasteiger partial charge in [0.15, 0.2) is 0 Å². The number of primary amides is 1. The number of esters is 1. The van der Waals surface area contributed by atoms with Gasteiger partial charge in [0.05, 0.1) is 43.9 Å². The summed E-state index contributed by atoms with van der Waals surface area (Å²) in [6.07, 6.45) is 2.32. The molecule has 39 heteroatoms. The fourth-order valence-corrected chi connectivity index (χ4v) is 15.5. The number of rotatable bonds is 51. The summed E-state index contributed by atoms with van der Waals surface area (Å²) in [5.41, 5.74) is 7.66. The quantitative estimate of drug-likeness (QED) is 0.00820. The van der Waals surface area contributed by atoms with Gasteiger partial charge in [-0.1, -0.05) is 152 Å². The van der Waals surface area contributed by atoms with E-state index in [1.807, 2.05) is 0 Å². The number of aromatic nitrogens is 1. The highest BCUT2D eigenvalue weighted by atomic mass is 35.5. The molecule has 2 fully saturated rings. The Morgan fingerprint density at radius 2 is 1.02 bits per heavy atom. The van der Waals surface area contributed by atoms with Crippen molar-refractivity contribution >= 4 is 129 Å². The molecule has 0 unspecified atom stereocenters. The lowest BCUT2D eigenvalue weighted by Gasteiger charge is -2.29. The summed E-state index contributed by atoms with van der Waals surface area (Å²) in [5, 5.41) is 41.5. The Morgan fingerprint density at radius 1 is 0.500 bits per heavy atom. The van der Waals surface area contributed by atoms with Crippen LogP contribution in [0.25, 0.3) is 10.9 Å². The number of hydrogen-bond acceptors (Lipinski definition) is 23. The van der Waals surface area contributed by atoms with Crippen molar-refractivity contribution < 1.29 is 110 Å². The summed E-state index contributed by atoms with van der Waals surface area (Å²) in [5.74, 6) is -13.2. The van der Waals surface area contributed by atoms with Crippen molar-refractivity contribution in [3.8, 4) is 0 Å². The molecule has 13 amide bonds. The molecule has 2 aliphatic rings. The number of alkyl carbamates (subject to hydrolysis) is 2. The van der Waals surface area contributed by atoms with Crippen molar-refractivity contribution in [1.82, 2.24) is 68.4 Å². The van der Waals surface area contributed by atoms with Gasteiger partial charge in [0.1, 0.15) is 79.3 Å². The lowest BCUT2D eigenvalue weighted by Crippen LogP contribution is -2.62. The summed E-state index contributed by atoms with van der Waals surface area (Å²) in [6.45, 7) is 4.97. The SMILES string of the molecule is CC(=O)NCSC[C@H](NC(=O)[C@H](CCC(N)=O)NC(=O)[C@H](CCCCNC(=O)OCc1ccccc1Cl)NC(=O)OC(C)(C)C)C(=O)N[C@@H](CCC(=O)OC1CCCCC1)C(=O)NCC(=O)N[C@@H](Cc1ccccc1)C(=O)N[C@H](C(=O)N[C@@H](Cc1cn(C(=O)OC2CCCCC2)c2ccccc12)C(=O)N[C@@H](COCc1ccccc1)C(=O)NCC(=O)O)[C@@H](C)OCc1ccccc1. The average molecular weight is 1870 g/mol. The molecule has 8 rings (SSSR count). The lowest BCUT2D eigenvalue weighted by atomic mass is 9.98. The molecule has 2 aliphatic carbocycles. The maximum atomic E-state index is 15.6. The van der Waals surface area contributed by atoms with Gasteiger partial charge in [-0.15, -0.1) is 11.8 Å². The second-order valence-electron chi connectivity index (χ2n) is 33.2. The van der Waals surface area contributed by atoms with Gasteiger partial charge in [0.2, 0.25) is 65.0 Å². The number of carboxylic acid groups (broad SMARTS) is 1. The van der Waals surface area contributed by atoms with Crippen LogP contribution in [0, 0.1) is 0 Å². The van der Waals surface area contributed by atoms with Crippen LogP contribution in [0.4, 0.5) is 14.4 Å². The minimum atomic E-state index is -1.77. The minimum Gasteiger partial charge on any atom is -0.480 e. The molecule has 15 N–H and O–H groups in total. The zero-order chi connectivity index (χ0) is 95.5. The first kappa shape index (κ1) is 105. The van der Waals surface area contributed by atoms with Gasteiger partial charge in [-0.25, -0.2) is 14.4 Å². The van der Waals surface area contributed by atoms with Crippen LogP contribution in [-0.4, -0.2) is 215 Å². The predicted octanol–water partition coefficient (Wildman–Crippen LogP) is 6.67. The van der Waals surface area contributed by atoms with Crippen molar-refractivity contribution in [3.05, 3.63) is 179 Å². The van der Waals surface area contributed by atoms with Crippen LogP contribution in [-0.2, 0) is 123 Å². The standard InChI is InChI=1S/C93H121ClN14O23S/c1-58(127-53-62-31-15-8-16-32-62)81(89(122)103-73(86(119)104-74(83(116)98-50-79(112)113)55-126-52-61-29-13-7-14-30-61)48-64-51-108(76-41-24-22-38-67(64)76)92(125)130-66-36-19-10-20-37-66)107-87(120)72(47-60-27-11-6-12-28-60)100-78(111)49-97-82(115)70(43-45-80(114)129-65-34-17-9-18-35-65)101-88(121)75(56-132-57-99-59(2)109)105-85(118)71(42-44-77(95)110)102-84(117)69(106-91(124)131-93(3,4)5)40-25-26-46-96-90(123)128-54-63-33-21-23-39-68(63)94/h6-8,11-16,21-24,27-33,38-39,41,51,58,65-66,69-75,81H,9-10,17-20,25-26,34-37,40,42-50,52-57H2,1-5H3,(H2,95,110)(H,96,123)(H,97,115)(H,98,116)(H,99,109)(H,100,111)(H,101,121)(H,102,117)(H,103,122)(H,104,119)(H,105,118)(H,106,124)(H,107,120)(H,112,113)/t58-,69+,70+,71+,72+,73+,74+,75+,81+/m1/s1. The van der Waals surface area contributed by atoms with Crippen LogP contribution in [0.1, 0.15) is 172 Å². The summed E-state index contributed by atoms with van der Waals surface area (Å²) >= 11 is 7.15. The Bertz CT molecular complexity index is 4860. The Hall–Kier alpha value is -12.7. The first-order valence-corrected chi connectivity index (χ1v) is 45.7. The monoisotopic (exact) mass is 1870 g/mol. The number of carbonyl (C=O) groups excluding carboxylic acids is 15. The smallest absolute Gasteiger partial charge is 0.418 e. The molecule has 132 heavy (non-hydrogen) atoms. The van der Waals surface area contributed by atoms with E-state index < -0.39 is 213 Å². The van der Waals surface area contributed by atoms with Gasteiger partial charge in [0, 0.05) is 67.1 Å². The van der Waals surface area contributed by atoms with E-state index in [2.05, 4.69) is 63.8 Å². The fourth-order valence-electron chi connectivity index (χ4n) is 14.4. The summed E-state index contributed by atoms with van der Waals surface area (Å²) < 4.78 is 36.1. The Kier molecular flexibility index (Phi) is 43.5. The highest BCUT2D eigenvalue weighted by molar-refractivity contribution is 7.99. The lowest BCUT2D eigenvalue weighted by molar-refractivity contribution is -0.151. The number of nitrogens with one attached hydrogen (secondary N) is 12. The zero-order valence-electron chi connectivity index (χ0n) is 74.7. The number of benzene rings is 5. The molecule has 5 aromatic carbocycles. The minimum absolute atomic E-state index is 0.0470. The first-order valence-electron chi connectivity index (χ1n) is 44.2. The molecule has 37 nitrogen and oxygen atoms in total. The number of aliphatic carboxylic acids is 1. The van der Waals surface area contributed by atoms with E-state index in [9.17, 15) is 67.4 Å². The molecule has 0 saturated heterocycles. The second-order valence-corrected chi connectivity index (χ2v) is 34.6. The van der Waals surface area contributed by atoms with E-state index in [0.29, 0.717) is 69.4 Å². The highest BCUT2D eigenvalue weighted by Crippen LogP contribution is 2.28. The van der Waals surface area contributed by atoms with Crippen LogP contribution in [0.3, 0.4) is 0 Å². The van der Waals surface area contributed by atoms with E-state index in [-0.39, 0.29) is 69.8 Å². The summed E-state index contributed by atoms with van der Waals surface area (Å²) in [7, 11) is 0. The Morgan fingerprint density at radius 3 is 1.65 bits per heavy atom. The second kappa shape index (κ2) is 54.8. The molecule has 9 atom stereocenters. The van der Waals surface area contributed by atoms with Crippen molar-refractivity contribution in [3.63, 3.8) is 0 Å². The number of thioether (sulfide) groups is 1. The van der Waals surface area contributed by atoms with Crippen molar-refractivity contribution in [1.29, 1.82) is 0 Å².